The Balaban J connectivity index is 1.81. The quantitative estimate of drug-likeness (QED) is 0.706. The molecule has 1 heterocycles. The first-order valence-corrected chi connectivity index (χ1v) is 6.07. The third-order valence-corrected chi connectivity index (χ3v) is 3.90. The van der Waals surface area contributed by atoms with E-state index in [-0.39, 0.29) is 0 Å². The summed E-state index contributed by atoms with van der Waals surface area (Å²) in [5.41, 5.74) is 5.73. The lowest BCUT2D eigenvalue weighted by Crippen LogP contribution is -2.47. The Labute approximate surface area is 78.9 Å². The zero-order valence-corrected chi connectivity index (χ0v) is 8.35. The van der Waals surface area contributed by atoms with Gasteiger partial charge in [0.2, 0.25) is 0 Å². The Bertz CT molecular complexity index is 147. The monoisotopic (exact) mass is 186 g/mol. The number of nitrogens with two attached hydrogens (primary N) is 1. The van der Waals surface area contributed by atoms with E-state index in [4.69, 9.17) is 5.73 Å². The molecule has 0 aromatic heterocycles. The molecule has 0 amide bonds. The molecule has 2 nitrogen and oxygen atoms in total. The Morgan fingerprint density at radius 2 is 2.25 bits per heavy atom. The molecule has 12 heavy (non-hydrogen) atoms. The van der Waals surface area contributed by atoms with Gasteiger partial charge in [-0.25, -0.2) is 0 Å². The number of hydrogen-bond donors (Lipinski definition) is 1. The lowest BCUT2D eigenvalue weighted by atomic mass is 10.2. The van der Waals surface area contributed by atoms with Crippen LogP contribution >= 0.6 is 11.8 Å². The van der Waals surface area contributed by atoms with Crippen LogP contribution in [0.5, 0.6) is 0 Å². The van der Waals surface area contributed by atoms with Crippen LogP contribution in [0.2, 0.25) is 0 Å². The third kappa shape index (κ3) is 2.15. The summed E-state index contributed by atoms with van der Waals surface area (Å²) in [4.78, 5) is 2.61. The van der Waals surface area contributed by atoms with Crippen LogP contribution in [-0.2, 0) is 0 Å². The summed E-state index contributed by atoms with van der Waals surface area (Å²) in [6.45, 7) is 3.44. The molecule has 0 radical (unpaired) electrons. The maximum Gasteiger partial charge on any atom is 0.0309 e. The van der Waals surface area contributed by atoms with E-state index in [0.717, 1.165) is 12.5 Å². The summed E-state index contributed by atoms with van der Waals surface area (Å²) < 4.78 is 0. The summed E-state index contributed by atoms with van der Waals surface area (Å²) in [6, 6.07) is 0.671. The van der Waals surface area contributed by atoms with E-state index in [1.165, 1.54) is 37.4 Å². The largest absolute Gasteiger partial charge is 0.329 e. The molecule has 2 rings (SSSR count). The molecule has 3 heteroatoms. The molecule has 0 aromatic rings. The van der Waals surface area contributed by atoms with Crippen molar-refractivity contribution in [3.63, 3.8) is 0 Å². The molecule has 1 atom stereocenters. The first-order chi connectivity index (χ1) is 5.90. The average molecular weight is 186 g/mol. The Morgan fingerprint density at radius 3 is 2.92 bits per heavy atom. The van der Waals surface area contributed by atoms with Gasteiger partial charge in [0.1, 0.15) is 0 Å². The van der Waals surface area contributed by atoms with Crippen molar-refractivity contribution < 1.29 is 0 Å². The average Bonchev–Trinajstić information content (AvgIpc) is 2.89. The summed E-state index contributed by atoms with van der Waals surface area (Å²) in [7, 11) is 0. The third-order valence-electron chi connectivity index (χ3n) is 2.81. The highest BCUT2D eigenvalue weighted by Gasteiger charge is 2.28. The van der Waals surface area contributed by atoms with Gasteiger partial charge in [-0.1, -0.05) is 0 Å². The van der Waals surface area contributed by atoms with E-state index >= 15 is 0 Å². The second-order valence-corrected chi connectivity index (χ2v) is 5.05. The normalized spacial score (nSPS) is 32.2. The van der Waals surface area contributed by atoms with E-state index < -0.39 is 0 Å². The zero-order chi connectivity index (χ0) is 8.39. The molecule has 1 unspecified atom stereocenters. The summed E-state index contributed by atoms with van der Waals surface area (Å²) in [5, 5.41) is 0. The van der Waals surface area contributed by atoms with Gasteiger partial charge in [-0.15, -0.1) is 0 Å². The minimum Gasteiger partial charge on any atom is -0.329 e. The lowest BCUT2D eigenvalue weighted by molar-refractivity contribution is 0.214. The Hall–Kier alpha value is 0.270. The number of rotatable bonds is 3. The van der Waals surface area contributed by atoms with Crippen LogP contribution in [0.25, 0.3) is 0 Å². The summed E-state index contributed by atoms with van der Waals surface area (Å²) >= 11 is 2.06. The van der Waals surface area contributed by atoms with Crippen molar-refractivity contribution in [2.24, 2.45) is 11.7 Å². The highest BCUT2D eigenvalue weighted by molar-refractivity contribution is 7.99. The molecule has 1 saturated heterocycles. The zero-order valence-electron chi connectivity index (χ0n) is 7.54. The number of thioether (sulfide) groups is 1. The van der Waals surface area contributed by atoms with Crippen LogP contribution < -0.4 is 5.73 Å². The van der Waals surface area contributed by atoms with Crippen molar-refractivity contribution in [1.82, 2.24) is 4.90 Å². The van der Waals surface area contributed by atoms with Gasteiger partial charge < -0.3 is 5.73 Å². The van der Waals surface area contributed by atoms with Gasteiger partial charge >= 0.3 is 0 Å². The van der Waals surface area contributed by atoms with Gasteiger partial charge in [0, 0.05) is 37.2 Å². The first kappa shape index (κ1) is 8.85. The molecule has 2 fully saturated rings. The van der Waals surface area contributed by atoms with E-state index in [1.54, 1.807) is 0 Å². The van der Waals surface area contributed by atoms with Gasteiger partial charge in [0.15, 0.2) is 0 Å². The molecule has 1 aliphatic heterocycles. The van der Waals surface area contributed by atoms with Crippen molar-refractivity contribution in [2.45, 2.75) is 18.9 Å². The van der Waals surface area contributed by atoms with E-state index in [1.807, 2.05) is 0 Å². The van der Waals surface area contributed by atoms with E-state index in [0.29, 0.717) is 6.04 Å². The SMILES string of the molecule is NCC1CSCCN1CC1CC1. The van der Waals surface area contributed by atoms with Crippen LogP contribution in [0.15, 0.2) is 0 Å². The fourth-order valence-corrected chi connectivity index (χ4v) is 2.93. The van der Waals surface area contributed by atoms with Gasteiger partial charge in [0.05, 0.1) is 0 Å². The Morgan fingerprint density at radius 1 is 1.42 bits per heavy atom. The van der Waals surface area contributed by atoms with Crippen LogP contribution in [-0.4, -0.2) is 42.1 Å². The maximum atomic E-state index is 5.73. The van der Waals surface area contributed by atoms with Crippen molar-refractivity contribution in [3.8, 4) is 0 Å². The molecule has 0 aromatic carbocycles. The predicted octanol–water partition coefficient (Wildman–Crippen LogP) is 0.772. The molecule has 0 spiro atoms. The topological polar surface area (TPSA) is 29.3 Å². The first-order valence-electron chi connectivity index (χ1n) is 4.92. The molecule has 2 aliphatic rings. The molecular formula is C9H18N2S. The molecular weight excluding hydrogens is 168 g/mol. The molecule has 0 bridgehead atoms. The second kappa shape index (κ2) is 3.99. The predicted molar refractivity (Wildman–Crippen MR) is 54.5 cm³/mol. The van der Waals surface area contributed by atoms with Crippen LogP contribution in [0.1, 0.15) is 12.8 Å². The number of hydrogen-bond acceptors (Lipinski definition) is 3. The van der Waals surface area contributed by atoms with Gasteiger partial charge in [-0.3, -0.25) is 4.90 Å². The number of nitrogens with zero attached hydrogens (tertiary/aromatic N) is 1. The van der Waals surface area contributed by atoms with Crippen molar-refractivity contribution in [3.05, 3.63) is 0 Å². The minimum atomic E-state index is 0.671. The lowest BCUT2D eigenvalue weighted by Gasteiger charge is -2.34. The summed E-state index contributed by atoms with van der Waals surface area (Å²) in [5.74, 6) is 3.58. The molecule has 1 aliphatic carbocycles. The highest BCUT2D eigenvalue weighted by Crippen LogP contribution is 2.31. The van der Waals surface area contributed by atoms with Gasteiger partial charge in [0.25, 0.3) is 0 Å². The molecule has 2 N–H and O–H groups in total. The van der Waals surface area contributed by atoms with Crippen molar-refractivity contribution in [2.75, 3.05) is 31.1 Å². The minimum absolute atomic E-state index is 0.671. The van der Waals surface area contributed by atoms with E-state index in [2.05, 4.69) is 16.7 Å². The van der Waals surface area contributed by atoms with Crippen molar-refractivity contribution in [1.29, 1.82) is 0 Å². The Kier molecular flexibility index (Phi) is 2.94. The van der Waals surface area contributed by atoms with Gasteiger partial charge in [-0.2, -0.15) is 11.8 Å². The highest BCUT2D eigenvalue weighted by atomic mass is 32.2. The standard InChI is InChI=1S/C9H18N2S/c10-5-9-7-12-4-3-11(9)6-8-1-2-8/h8-9H,1-7,10H2. The van der Waals surface area contributed by atoms with Crippen LogP contribution in [0.3, 0.4) is 0 Å². The van der Waals surface area contributed by atoms with Crippen LogP contribution in [0.4, 0.5) is 0 Å². The maximum absolute atomic E-state index is 5.73. The fourth-order valence-electron chi connectivity index (χ4n) is 1.78. The summed E-state index contributed by atoms with van der Waals surface area (Å²) in [6.07, 6.45) is 2.92. The van der Waals surface area contributed by atoms with Crippen molar-refractivity contribution >= 4 is 11.8 Å². The molecule has 1 saturated carbocycles. The van der Waals surface area contributed by atoms with Crippen LogP contribution in [0, 0.1) is 5.92 Å². The fraction of sp³-hybridized carbons (Fsp3) is 1.00. The van der Waals surface area contributed by atoms with E-state index in [9.17, 15) is 0 Å². The second-order valence-electron chi connectivity index (χ2n) is 3.90. The van der Waals surface area contributed by atoms with Gasteiger partial charge in [-0.05, 0) is 18.8 Å². The smallest absolute Gasteiger partial charge is 0.0309 e. The molecule has 70 valence electrons.